The zero-order valence-corrected chi connectivity index (χ0v) is 11.5. The lowest BCUT2D eigenvalue weighted by atomic mass is 10.1. The van der Waals surface area contributed by atoms with Gasteiger partial charge in [0, 0.05) is 24.2 Å². The Bertz CT molecular complexity index is 578. The van der Waals surface area contributed by atoms with Crippen molar-refractivity contribution in [1.29, 1.82) is 0 Å². The van der Waals surface area contributed by atoms with Crippen molar-refractivity contribution in [2.75, 3.05) is 7.11 Å². The molecule has 0 radical (unpaired) electrons. The van der Waals surface area contributed by atoms with Gasteiger partial charge in [-0.15, -0.1) is 0 Å². The number of halogens is 1. The van der Waals surface area contributed by atoms with Gasteiger partial charge in [0.25, 0.3) is 0 Å². The SMILES string of the molecule is COc1cc(C)c(Cl)cc1-c1c(CN)ncn1C. The Balaban J connectivity index is 2.69. The molecule has 1 aromatic heterocycles. The third kappa shape index (κ3) is 2.09. The predicted molar refractivity (Wildman–Crippen MR) is 72.8 cm³/mol. The maximum absolute atomic E-state index is 6.19. The van der Waals surface area contributed by atoms with Crippen molar-refractivity contribution >= 4 is 11.6 Å². The number of aryl methyl sites for hydroxylation is 2. The van der Waals surface area contributed by atoms with E-state index in [0.717, 1.165) is 28.3 Å². The molecule has 0 atom stereocenters. The quantitative estimate of drug-likeness (QED) is 0.928. The lowest BCUT2D eigenvalue weighted by Crippen LogP contribution is -2.02. The summed E-state index contributed by atoms with van der Waals surface area (Å²) in [7, 11) is 3.57. The van der Waals surface area contributed by atoms with Crippen LogP contribution in [-0.2, 0) is 13.6 Å². The molecular weight excluding hydrogens is 250 g/mol. The van der Waals surface area contributed by atoms with Crippen LogP contribution in [-0.4, -0.2) is 16.7 Å². The van der Waals surface area contributed by atoms with E-state index in [-0.39, 0.29) is 0 Å². The number of benzene rings is 1. The van der Waals surface area contributed by atoms with Crippen LogP contribution in [0.25, 0.3) is 11.3 Å². The fourth-order valence-electron chi connectivity index (χ4n) is 1.98. The number of nitrogens with two attached hydrogens (primary N) is 1. The Morgan fingerprint density at radius 2 is 2.17 bits per heavy atom. The number of rotatable bonds is 3. The van der Waals surface area contributed by atoms with E-state index < -0.39 is 0 Å². The normalized spacial score (nSPS) is 10.7. The molecule has 2 rings (SSSR count). The van der Waals surface area contributed by atoms with E-state index in [1.54, 1.807) is 13.4 Å². The zero-order valence-electron chi connectivity index (χ0n) is 10.7. The molecule has 1 heterocycles. The van der Waals surface area contributed by atoms with Gasteiger partial charge < -0.3 is 15.0 Å². The molecule has 0 aliphatic carbocycles. The van der Waals surface area contributed by atoms with Crippen LogP contribution in [0.15, 0.2) is 18.5 Å². The van der Waals surface area contributed by atoms with Gasteiger partial charge in [-0.25, -0.2) is 4.98 Å². The molecule has 18 heavy (non-hydrogen) atoms. The summed E-state index contributed by atoms with van der Waals surface area (Å²) in [4.78, 5) is 4.28. The standard InChI is InChI=1S/C13H16ClN3O/c1-8-4-12(18-3)9(5-10(8)14)13-11(6-15)16-7-17(13)2/h4-5,7H,6,15H2,1-3H3. The molecule has 0 bridgehead atoms. The Hall–Kier alpha value is -1.52. The van der Waals surface area contributed by atoms with Crippen LogP contribution in [0.3, 0.4) is 0 Å². The molecule has 0 saturated carbocycles. The maximum atomic E-state index is 6.19. The van der Waals surface area contributed by atoms with Gasteiger partial charge in [0.05, 0.1) is 24.8 Å². The molecule has 0 aliphatic rings. The number of imidazole rings is 1. The molecular formula is C13H16ClN3O. The predicted octanol–water partition coefficient (Wildman–Crippen LogP) is 2.52. The van der Waals surface area contributed by atoms with E-state index >= 15 is 0 Å². The van der Waals surface area contributed by atoms with Crippen molar-refractivity contribution < 1.29 is 4.74 Å². The van der Waals surface area contributed by atoms with Gasteiger partial charge in [0.1, 0.15) is 5.75 Å². The molecule has 2 N–H and O–H groups in total. The van der Waals surface area contributed by atoms with Crippen molar-refractivity contribution in [2.45, 2.75) is 13.5 Å². The Morgan fingerprint density at radius 3 is 2.78 bits per heavy atom. The van der Waals surface area contributed by atoms with Crippen LogP contribution in [0.4, 0.5) is 0 Å². The van der Waals surface area contributed by atoms with Crippen molar-refractivity contribution in [1.82, 2.24) is 9.55 Å². The summed E-state index contributed by atoms with van der Waals surface area (Å²) in [6.07, 6.45) is 1.74. The van der Waals surface area contributed by atoms with Crippen molar-refractivity contribution in [2.24, 2.45) is 12.8 Å². The van der Waals surface area contributed by atoms with Crippen molar-refractivity contribution in [3.63, 3.8) is 0 Å². The molecule has 1 aromatic carbocycles. The maximum Gasteiger partial charge on any atom is 0.128 e. The van der Waals surface area contributed by atoms with Gasteiger partial charge in [-0.05, 0) is 24.6 Å². The summed E-state index contributed by atoms with van der Waals surface area (Å²) in [6, 6.07) is 3.82. The first-order valence-corrected chi connectivity index (χ1v) is 6.01. The highest BCUT2D eigenvalue weighted by Gasteiger charge is 2.16. The summed E-state index contributed by atoms with van der Waals surface area (Å²) in [5.74, 6) is 0.773. The van der Waals surface area contributed by atoms with Gasteiger partial charge in [-0.2, -0.15) is 0 Å². The summed E-state index contributed by atoms with van der Waals surface area (Å²) in [5.41, 5.74) is 9.37. The van der Waals surface area contributed by atoms with Crippen LogP contribution >= 0.6 is 11.6 Å². The van der Waals surface area contributed by atoms with E-state index in [1.165, 1.54) is 0 Å². The lowest BCUT2D eigenvalue weighted by molar-refractivity contribution is 0.416. The molecule has 0 saturated heterocycles. The number of ether oxygens (including phenoxy) is 1. The van der Waals surface area contributed by atoms with E-state index in [1.807, 2.05) is 30.7 Å². The first-order valence-electron chi connectivity index (χ1n) is 5.63. The summed E-state index contributed by atoms with van der Waals surface area (Å²) < 4.78 is 7.34. The van der Waals surface area contributed by atoms with E-state index in [0.29, 0.717) is 11.6 Å². The number of aromatic nitrogens is 2. The molecule has 96 valence electrons. The van der Waals surface area contributed by atoms with Gasteiger partial charge in [-0.1, -0.05) is 11.6 Å². The number of hydrogen-bond acceptors (Lipinski definition) is 3. The van der Waals surface area contributed by atoms with E-state index in [2.05, 4.69) is 4.98 Å². The zero-order chi connectivity index (χ0) is 13.3. The highest BCUT2D eigenvalue weighted by atomic mass is 35.5. The lowest BCUT2D eigenvalue weighted by Gasteiger charge is -2.12. The number of methoxy groups -OCH3 is 1. The van der Waals surface area contributed by atoms with Gasteiger partial charge in [0.2, 0.25) is 0 Å². The second-order valence-corrected chi connectivity index (χ2v) is 4.56. The smallest absolute Gasteiger partial charge is 0.128 e. The second-order valence-electron chi connectivity index (χ2n) is 4.16. The molecule has 0 spiro atoms. The minimum atomic E-state index is 0.380. The Morgan fingerprint density at radius 1 is 1.44 bits per heavy atom. The average Bonchev–Trinajstić information content (AvgIpc) is 2.73. The van der Waals surface area contributed by atoms with E-state index in [9.17, 15) is 0 Å². The van der Waals surface area contributed by atoms with Crippen molar-refractivity contribution in [3.05, 3.63) is 34.7 Å². The topological polar surface area (TPSA) is 53.1 Å². The first-order chi connectivity index (χ1) is 8.58. The monoisotopic (exact) mass is 265 g/mol. The van der Waals surface area contributed by atoms with Crippen LogP contribution < -0.4 is 10.5 Å². The summed E-state index contributed by atoms with van der Waals surface area (Å²) in [5, 5.41) is 0.704. The van der Waals surface area contributed by atoms with Gasteiger partial charge >= 0.3 is 0 Å². The highest BCUT2D eigenvalue weighted by molar-refractivity contribution is 6.31. The molecule has 2 aromatic rings. The first kappa shape index (κ1) is 12.9. The minimum absolute atomic E-state index is 0.380. The van der Waals surface area contributed by atoms with Crippen LogP contribution in [0.5, 0.6) is 5.75 Å². The minimum Gasteiger partial charge on any atom is -0.496 e. The Kier molecular flexibility index (Phi) is 3.59. The van der Waals surface area contributed by atoms with Crippen LogP contribution in [0.1, 0.15) is 11.3 Å². The molecule has 0 aliphatic heterocycles. The molecule has 4 nitrogen and oxygen atoms in total. The van der Waals surface area contributed by atoms with Crippen LogP contribution in [0, 0.1) is 6.92 Å². The number of nitrogens with zero attached hydrogens (tertiary/aromatic N) is 2. The highest BCUT2D eigenvalue weighted by Crippen LogP contribution is 2.35. The Labute approximate surface area is 111 Å². The van der Waals surface area contributed by atoms with Gasteiger partial charge in [0.15, 0.2) is 0 Å². The largest absolute Gasteiger partial charge is 0.496 e. The fraction of sp³-hybridized carbons (Fsp3) is 0.308. The molecule has 0 unspecified atom stereocenters. The number of hydrogen-bond donors (Lipinski definition) is 1. The fourth-order valence-corrected chi connectivity index (χ4v) is 2.15. The van der Waals surface area contributed by atoms with Crippen molar-refractivity contribution in [3.8, 4) is 17.0 Å². The summed E-state index contributed by atoms with van der Waals surface area (Å²) in [6.45, 7) is 2.33. The van der Waals surface area contributed by atoms with Crippen LogP contribution in [0.2, 0.25) is 5.02 Å². The molecule has 0 fully saturated rings. The second kappa shape index (κ2) is 5.00. The average molecular weight is 266 g/mol. The molecule has 5 heteroatoms. The van der Waals surface area contributed by atoms with Gasteiger partial charge in [-0.3, -0.25) is 0 Å². The summed E-state index contributed by atoms with van der Waals surface area (Å²) >= 11 is 6.19. The molecule has 0 amide bonds. The third-order valence-electron chi connectivity index (χ3n) is 2.94. The third-order valence-corrected chi connectivity index (χ3v) is 3.35. The van der Waals surface area contributed by atoms with E-state index in [4.69, 9.17) is 22.1 Å².